The van der Waals surface area contributed by atoms with Crippen molar-refractivity contribution < 1.29 is 45.4 Å². The number of allylic oxidation sites excluding steroid dienone is 1. The third kappa shape index (κ3) is 13.3. The summed E-state index contributed by atoms with van der Waals surface area (Å²) in [4.78, 5) is 62.2. The Bertz CT molecular complexity index is 3940. The van der Waals surface area contributed by atoms with Crippen molar-refractivity contribution in [3.63, 3.8) is 0 Å². The number of amides is 2. The zero-order valence-corrected chi connectivity index (χ0v) is 52.2. The number of carbonyl (C=O) groups is 2. The van der Waals surface area contributed by atoms with Crippen LogP contribution in [0.3, 0.4) is 0 Å². The summed E-state index contributed by atoms with van der Waals surface area (Å²) in [5.74, 6) is -0.804. The van der Waals surface area contributed by atoms with Crippen molar-refractivity contribution in [2.45, 2.75) is 107 Å². The van der Waals surface area contributed by atoms with Gasteiger partial charge in [0.1, 0.15) is 30.4 Å². The highest BCUT2D eigenvalue weighted by Crippen LogP contribution is 2.43. The maximum absolute atomic E-state index is 13.8. The van der Waals surface area contributed by atoms with E-state index in [2.05, 4.69) is 89.7 Å². The second-order valence-corrected chi connectivity index (χ2v) is 25.3. The van der Waals surface area contributed by atoms with Crippen LogP contribution in [0.25, 0.3) is 21.5 Å². The number of alkyl halides is 6. The summed E-state index contributed by atoms with van der Waals surface area (Å²) in [6.07, 6.45) is -5.66. The molecule has 0 radical (unpaired) electrons. The molecule has 2 aromatic heterocycles. The first-order valence-corrected chi connectivity index (χ1v) is 31.5. The van der Waals surface area contributed by atoms with Crippen molar-refractivity contribution in [1.29, 1.82) is 10.5 Å². The van der Waals surface area contributed by atoms with E-state index in [1.807, 2.05) is 46.2 Å². The van der Waals surface area contributed by atoms with Crippen molar-refractivity contribution >= 4 is 68.0 Å². The smallest absolute Gasteiger partial charge is 0.421 e. The summed E-state index contributed by atoms with van der Waals surface area (Å²) in [6.45, 7) is 10.0. The minimum Gasteiger partial charge on any atom is -0.462 e. The van der Waals surface area contributed by atoms with E-state index in [0.717, 1.165) is 104 Å². The zero-order valence-electron chi connectivity index (χ0n) is 51.5. The fourth-order valence-corrected chi connectivity index (χ4v) is 14.6. The van der Waals surface area contributed by atoms with Crippen LogP contribution in [-0.4, -0.2) is 181 Å². The van der Waals surface area contributed by atoms with Crippen LogP contribution in [0, 0.1) is 29.6 Å². The molecule has 5 atom stereocenters. The maximum atomic E-state index is 13.8. The molecule has 0 bridgehead atoms. The molecule has 2 amide bonds. The highest BCUT2D eigenvalue weighted by atomic mass is 35.5. The van der Waals surface area contributed by atoms with Crippen LogP contribution in [0.1, 0.15) is 71.7 Å². The Morgan fingerprint density at radius 1 is 0.674 bits per heavy atom. The maximum Gasteiger partial charge on any atom is 0.421 e. The van der Waals surface area contributed by atoms with Gasteiger partial charge in [0.2, 0.25) is 5.91 Å². The fraction of sp³-hybridized carbons (Fsp3) is 0.463. The van der Waals surface area contributed by atoms with Crippen molar-refractivity contribution in [1.82, 2.24) is 39.5 Å². The van der Waals surface area contributed by atoms with Gasteiger partial charge < -0.3 is 43.8 Å². The van der Waals surface area contributed by atoms with Gasteiger partial charge in [0, 0.05) is 116 Å². The second kappa shape index (κ2) is 26.3. The number of carbonyl (C=O) groups excluding carboxylic acids is 2. The number of piperazine rings is 2. The molecular formula is C67H71ClF6N14O4. The number of likely N-dealkylation sites (tertiary alicyclic amines) is 2. The van der Waals surface area contributed by atoms with Crippen LogP contribution in [0.15, 0.2) is 91.0 Å². The number of hydrogen-bond acceptors (Lipinski definition) is 16. The molecule has 6 aliphatic rings. The van der Waals surface area contributed by atoms with Crippen molar-refractivity contribution in [2.24, 2.45) is 0 Å². The third-order valence-corrected chi connectivity index (χ3v) is 19.5. The summed E-state index contributed by atoms with van der Waals surface area (Å²) in [6, 6.07) is 25.8. The molecule has 0 saturated carbocycles. The van der Waals surface area contributed by atoms with Gasteiger partial charge in [0.15, 0.2) is 0 Å². The molecule has 6 aromatic rings. The third-order valence-electron chi connectivity index (χ3n) is 19.2. The molecule has 6 aliphatic heterocycles. The number of halogens is 7. The molecule has 4 saturated heterocycles. The lowest BCUT2D eigenvalue weighted by Crippen LogP contribution is -2.56. The minimum absolute atomic E-state index is 0.0644. The van der Waals surface area contributed by atoms with Crippen LogP contribution in [0.2, 0.25) is 5.02 Å². The predicted octanol–water partition coefficient (Wildman–Crippen LogP) is 10.1. The van der Waals surface area contributed by atoms with Crippen molar-refractivity contribution in [3.05, 3.63) is 130 Å². The van der Waals surface area contributed by atoms with E-state index in [9.17, 15) is 46.5 Å². The number of fused-ring (bicyclic) bond motifs is 4. The zero-order chi connectivity index (χ0) is 64.8. The Morgan fingerprint density at radius 3 is 1.87 bits per heavy atom. The number of hydrogen-bond donors (Lipinski definition) is 0. The average molecular weight is 1290 g/mol. The summed E-state index contributed by atoms with van der Waals surface area (Å²) in [5.41, 5.74) is 6.00. The Kier molecular flexibility index (Phi) is 18.2. The normalized spacial score (nSPS) is 21.6. The van der Waals surface area contributed by atoms with E-state index in [1.54, 1.807) is 0 Å². The number of ether oxygens (including phenoxy) is 2. The van der Waals surface area contributed by atoms with E-state index >= 15 is 0 Å². The van der Waals surface area contributed by atoms with Crippen LogP contribution in [-0.2, 0) is 35.5 Å². The van der Waals surface area contributed by atoms with Gasteiger partial charge in [-0.2, -0.15) is 56.8 Å². The Morgan fingerprint density at radius 2 is 1.26 bits per heavy atom. The molecule has 1 unspecified atom stereocenters. The lowest BCUT2D eigenvalue weighted by atomic mass is 9.91. The number of anilines is 4. The van der Waals surface area contributed by atoms with Crippen LogP contribution in [0.4, 0.5) is 49.4 Å². The van der Waals surface area contributed by atoms with Gasteiger partial charge in [-0.3, -0.25) is 14.5 Å². The fourth-order valence-electron chi connectivity index (χ4n) is 14.3. The molecule has 25 heteroatoms. The summed E-state index contributed by atoms with van der Waals surface area (Å²) >= 11 is 6.86. The number of nitrogens with zero attached hydrogens (tertiary/aromatic N) is 14. The number of rotatable bonds is 15. The van der Waals surface area contributed by atoms with E-state index in [0.29, 0.717) is 68.4 Å². The average Bonchev–Trinajstić information content (AvgIpc) is 0.858. The molecule has 0 aliphatic carbocycles. The first-order valence-electron chi connectivity index (χ1n) is 31.2. The summed E-state index contributed by atoms with van der Waals surface area (Å²) < 4.78 is 94.0. The molecule has 4 fully saturated rings. The molecular weight excluding hydrogens is 1210 g/mol. The minimum atomic E-state index is -4.92. The van der Waals surface area contributed by atoms with Crippen LogP contribution in [0.5, 0.6) is 12.0 Å². The first-order chi connectivity index (χ1) is 44.1. The predicted molar refractivity (Wildman–Crippen MR) is 338 cm³/mol. The quantitative estimate of drug-likeness (QED) is 0.0700. The lowest BCUT2D eigenvalue weighted by molar-refractivity contribution is -0.141. The molecule has 4 aromatic carbocycles. The van der Waals surface area contributed by atoms with Crippen molar-refractivity contribution in [2.75, 3.05) is 112 Å². The highest BCUT2D eigenvalue weighted by Gasteiger charge is 2.43. The largest absolute Gasteiger partial charge is 0.462 e. The summed E-state index contributed by atoms with van der Waals surface area (Å²) in [5, 5.41) is 24.5. The standard InChI is InChI=1S/C67H71ClF6N14O4/c1-41-9-5-12-44-31-45(33-57(59(41)44)84-26-20-52-55(38-84)78-64(91-39-49-13-8-24-81(49)3)79-62(52)86-28-30-88(48(36-86)18-23-76)63(90)42(2)67(72,73)74)46-32-50(82(4)34-46)40-92-65-77-54-37-83(56-15-7-11-43-10-6-14-53(68)60(43)56)25-19-51(54)61(80-65)85-27-29-87(47(35-85)17-22-75)58(89)16-21-66(69,70)71/h5-7,9-12,14-16,21,31,33,46-50H,2,8,13,17-20,24-30,32,34-40H2,1,3-4H3/b21-16+/t46?,47-,48-,49-,50-/m0/s1. The molecule has 92 heavy (non-hydrogen) atoms. The number of aryl methyl sites for hydroxylation is 1. The van der Waals surface area contributed by atoms with Gasteiger partial charge >= 0.3 is 24.4 Å². The molecule has 482 valence electrons. The Hall–Kier alpha value is -8.45. The van der Waals surface area contributed by atoms with E-state index in [-0.39, 0.29) is 94.8 Å². The molecule has 18 nitrogen and oxygen atoms in total. The Balaban J connectivity index is 0.814. The van der Waals surface area contributed by atoms with E-state index in [4.69, 9.17) is 41.0 Å². The number of nitriles is 2. The molecule has 8 heterocycles. The molecule has 12 rings (SSSR count). The highest BCUT2D eigenvalue weighted by molar-refractivity contribution is 6.36. The SMILES string of the molecule is C=C(C(=O)N1CCN(c2nc(OC[C@@H]3CCCN3C)nc3c2CCN(c2cc(C4C[C@@H](COc5nc6c(c(N7CCN(C(=O)/C=C/C(F)(F)F)[C@@H](CC#N)C7)n5)CCN(c5cccc7cccc(Cl)c57)C6)N(C)C4)cc4cccc(C)c24)C3)C[C@@H]1CC#N)C(F)(F)F. The molecule has 0 spiro atoms. The van der Waals surface area contributed by atoms with Gasteiger partial charge in [-0.15, -0.1) is 0 Å². The van der Waals surface area contributed by atoms with Crippen LogP contribution >= 0.6 is 11.6 Å². The van der Waals surface area contributed by atoms with Gasteiger partial charge in [0.25, 0.3) is 5.91 Å². The number of likely N-dealkylation sites (N-methyl/N-ethyl adjacent to an activating group) is 2. The summed E-state index contributed by atoms with van der Waals surface area (Å²) in [7, 11) is 4.14. The van der Waals surface area contributed by atoms with Crippen LogP contribution < -0.4 is 29.1 Å². The monoisotopic (exact) mass is 1280 g/mol. The van der Waals surface area contributed by atoms with Gasteiger partial charge in [0.05, 0.1) is 66.6 Å². The van der Waals surface area contributed by atoms with Crippen molar-refractivity contribution in [3.8, 4) is 24.2 Å². The van der Waals surface area contributed by atoms with Gasteiger partial charge in [-0.1, -0.05) is 66.7 Å². The topological polar surface area (TPSA) is 178 Å². The number of benzene rings is 4. The lowest BCUT2D eigenvalue weighted by Gasteiger charge is -2.42. The van der Waals surface area contributed by atoms with Gasteiger partial charge in [-0.05, 0) is 106 Å². The Labute approximate surface area is 534 Å². The second-order valence-electron chi connectivity index (χ2n) is 24.9. The number of aromatic nitrogens is 4. The molecule has 0 N–H and O–H groups in total. The van der Waals surface area contributed by atoms with E-state index in [1.165, 1.54) is 4.90 Å². The van der Waals surface area contributed by atoms with E-state index < -0.39 is 41.8 Å². The first kappa shape index (κ1) is 63.7. The van der Waals surface area contributed by atoms with Gasteiger partial charge in [-0.25, -0.2) is 0 Å².